The van der Waals surface area contributed by atoms with Crippen LogP contribution in [0.5, 0.6) is 0 Å². The Morgan fingerprint density at radius 2 is 2.11 bits per heavy atom. The minimum atomic E-state index is 0.345. The normalized spacial score (nSPS) is 10.6. The van der Waals surface area contributed by atoms with Gasteiger partial charge < -0.3 is 4.52 Å². The van der Waals surface area contributed by atoms with Gasteiger partial charge in [-0.2, -0.15) is 10.2 Å². The van der Waals surface area contributed by atoms with Crippen molar-refractivity contribution in [3.05, 3.63) is 35.7 Å². The molecular weight excluding hydrogens is 226 g/mol. The number of benzene rings is 1. The molecule has 0 aliphatic carbocycles. The Morgan fingerprint density at radius 1 is 1.33 bits per heavy atom. The lowest BCUT2D eigenvalue weighted by molar-refractivity contribution is 0.417. The van der Waals surface area contributed by atoms with Gasteiger partial charge in [0.15, 0.2) is 5.82 Å². The van der Waals surface area contributed by atoms with Crippen LogP contribution in [0.1, 0.15) is 25.2 Å². The van der Waals surface area contributed by atoms with Crippen LogP contribution >= 0.6 is 0 Å². The van der Waals surface area contributed by atoms with E-state index in [1.807, 2.05) is 24.3 Å². The highest BCUT2D eigenvalue weighted by atomic mass is 16.5. The van der Waals surface area contributed by atoms with E-state index < -0.39 is 0 Å². The molecule has 0 unspecified atom stereocenters. The smallest absolute Gasteiger partial charge is 0.258 e. The van der Waals surface area contributed by atoms with Gasteiger partial charge in [-0.1, -0.05) is 37.2 Å². The molecule has 4 heteroatoms. The molecule has 1 heterocycles. The summed E-state index contributed by atoms with van der Waals surface area (Å²) >= 11 is 0. The molecule has 0 spiro atoms. The molecule has 2 rings (SSSR count). The molecule has 4 nitrogen and oxygen atoms in total. The van der Waals surface area contributed by atoms with E-state index in [0.717, 1.165) is 17.5 Å². The second kappa shape index (κ2) is 5.46. The molecule has 2 aromatic rings. The van der Waals surface area contributed by atoms with Gasteiger partial charge in [-0.25, -0.2) is 0 Å². The van der Waals surface area contributed by atoms with Crippen LogP contribution in [0.4, 0.5) is 0 Å². The summed E-state index contributed by atoms with van der Waals surface area (Å²) in [6, 6.07) is 9.76. The fourth-order valence-electron chi connectivity index (χ4n) is 1.78. The van der Waals surface area contributed by atoms with Crippen molar-refractivity contribution in [3.63, 3.8) is 0 Å². The van der Waals surface area contributed by atoms with Crippen LogP contribution < -0.4 is 0 Å². The summed E-state index contributed by atoms with van der Waals surface area (Å²) in [6.45, 7) is 4.22. The average Bonchev–Trinajstić information content (AvgIpc) is 2.77. The predicted molar refractivity (Wildman–Crippen MR) is 67.6 cm³/mol. The quantitative estimate of drug-likeness (QED) is 0.825. The molecule has 0 aliphatic rings. The molecule has 1 aromatic carbocycles. The number of rotatable bonds is 4. The third-order valence-electron chi connectivity index (χ3n) is 2.58. The minimum absolute atomic E-state index is 0.345. The first-order valence-corrected chi connectivity index (χ1v) is 5.98. The largest absolute Gasteiger partial charge is 0.334 e. The Labute approximate surface area is 106 Å². The number of aromatic nitrogens is 2. The molecule has 0 amide bonds. The van der Waals surface area contributed by atoms with Gasteiger partial charge in [0.05, 0.1) is 12.5 Å². The predicted octanol–water partition coefficient (Wildman–Crippen LogP) is 3.00. The zero-order valence-electron chi connectivity index (χ0n) is 10.6. The Morgan fingerprint density at radius 3 is 2.83 bits per heavy atom. The van der Waals surface area contributed by atoms with Crippen LogP contribution in [0.2, 0.25) is 0 Å². The van der Waals surface area contributed by atoms with Crippen molar-refractivity contribution in [2.24, 2.45) is 5.92 Å². The van der Waals surface area contributed by atoms with Gasteiger partial charge in [-0.05, 0) is 17.5 Å². The molecule has 1 aromatic heterocycles. The molecule has 0 saturated heterocycles. The summed E-state index contributed by atoms with van der Waals surface area (Å²) in [5.74, 6) is 1.70. The van der Waals surface area contributed by atoms with E-state index in [-0.39, 0.29) is 0 Å². The first-order valence-electron chi connectivity index (χ1n) is 5.98. The van der Waals surface area contributed by atoms with Gasteiger partial charge in [0, 0.05) is 12.0 Å². The van der Waals surface area contributed by atoms with Crippen molar-refractivity contribution in [2.45, 2.75) is 26.7 Å². The molecule has 0 aliphatic heterocycles. The summed E-state index contributed by atoms with van der Waals surface area (Å²) in [5, 5.41) is 12.8. The second-order valence-electron chi connectivity index (χ2n) is 4.61. The fourth-order valence-corrected chi connectivity index (χ4v) is 1.78. The minimum Gasteiger partial charge on any atom is -0.334 e. The highest BCUT2D eigenvalue weighted by molar-refractivity contribution is 5.58. The number of hydrogen-bond donors (Lipinski definition) is 0. The summed E-state index contributed by atoms with van der Waals surface area (Å²) in [4.78, 5) is 4.38. The molecule has 0 N–H and O–H groups in total. The highest BCUT2D eigenvalue weighted by Gasteiger charge is 2.13. The molecule has 18 heavy (non-hydrogen) atoms. The van der Waals surface area contributed by atoms with Crippen LogP contribution in [0.3, 0.4) is 0 Å². The molecule has 0 saturated carbocycles. The van der Waals surface area contributed by atoms with Crippen molar-refractivity contribution in [2.75, 3.05) is 0 Å². The molecule has 0 bridgehead atoms. The lowest BCUT2D eigenvalue weighted by Gasteiger charge is -2.00. The number of nitrogens with zero attached hydrogens (tertiary/aromatic N) is 3. The topological polar surface area (TPSA) is 62.7 Å². The van der Waals surface area contributed by atoms with Crippen molar-refractivity contribution < 1.29 is 4.52 Å². The SMILES string of the molecule is CC(C)Cc1noc(-c2ccccc2CC#N)n1. The Balaban J connectivity index is 2.31. The van der Waals surface area contributed by atoms with Crippen molar-refractivity contribution >= 4 is 0 Å². The van der Waals surface area contributed by atoms with Crippen molar-refractivity contribution in [3.8, 4) is 17.5 Å². The maximum atomic E-state index is 8.80. The average molecular weight is 241 g/mol. The molecule has 0 radical (unpaired) electrons. The van der Waals surface area contributed by atoms with E-state index in [1.54, 1.807) is 0 Å². The molecule has 92 valence electrons. The maximum absolute atomic E-state index is 8.80. The van der Waals surface area contributed by atoms with Gasteiger partial charge in [0.2, 0.25) is 0 Å². The number of hydrogen-bond acceptors (Lipinski definition) is 4. The van der Waals surface area contributed by atoms with Crippen LogP contribution in [-0.4, -0.2) is 10.1 Å². The van der Waals surface area contributed by atoms with Gasteiger partial charge >= 0.3 is 0 Å². The Hall–Kier alpha value is -2.15. The van der Waals surface area contributed by atoms with Crippen molar-refractivity contribution in [1.29, 1.82) is 5.26 Å². The van der Waals surface area contributed by atoms with Crippen LogP contribution in [0.25, 0.3) is 11.5 Å². The van der Waals surface area contributed by atoms with E-state index in [4.69, 9.17) is 9.78 Å². The van der Waals surface area contributed by atoms with Gasteiger partial charge in [0.25, 0.3) is 5.89 Å². The standard InChI is InChI=1S/C14H15N3O/c1-10(2)9-13-16-14(18-17-13)12-6-4-3-5-11(12)7-8-15/h3-6,10H,7,9H2,1-2H3. The fraction of sp³-hybridized carbons (Fsp3) is 0.357. The molecule has 0 fully saturated rings. The van der Waals surface area contributed by atoms with Gasteiger partial charge in [-0.15, -0.1) is 0 Å². The Bertz CT molecular complexity index is 566. The molecule has 0 atom stereocenters. The zero-order chi connectivity index (χ0) is 13.0. The summed E-state index contributed by atoms with van der Waals surface area (Å²) < 4.78 is 5.27. The van der Waals surface area contributed by atoms with Crippen LogP contribution in [-0.2, 0) is 12.8 Å². The van der Waals surface area contributed by atoms with Gasteiger partial charge in [-0.3, -0.25) is 0 Å². The van der Waals surface area contributed by atoms with Crippen molar-refractivity contribution in [1.82, 2.24) is 10.1 Å². The van der Waals surface area contributed by atoms with Crippen LogP contribution in [0.15, 0.2) is 28.8 Å². The first-order chi connectivity index (χ1) is 8.70. The molecular formula is C14H15N3O. The lowest BCUT2D eigenvalue weighted by Crippen LogP contribution is -1.96. The Kier molecular flexibility index (Phi) is 3.73. The van der Waals surface area contributed by atoms with E-state index >= 15 is 0 Å². The lowest BCUT2D eigenvalue weighted by atomic mass is 10.1. The maximum Gasteiger partial charge on any atom is 0.258 e. The van der Waals surface area contributed by atoms with Gasteiger partial charge in [0.1, 0.15) is 0 Å². The van der Waals surface area contributed by atoms with E-state index in [9.17, 15) is 0 Å². The van der Waals surface area contributed by atoms with E-state index in [2.05, 4.69) is 30.1 Å². The third-order valence-corrected chi connectivity index (χ3v) is 2.58. The highest BCUT2D eigenvalue weighted by Crippen LogP contribution is 2.22. The summed E-state index contributed by atoms with van der Waals surface area (Å²) in [5.41, 5.74) is 1.77. The third kappa shape index (κ3) is 2.75. The first kappa shape index (κ1) is 12.3. The second-order valence-corrected chi connectivity index (χ2v) is 4.61. The van der Waals surface area contributed by atoms with Crippen LogP contribution in [0, 0.1) is 17.2 Å². The van der Waals surface area contributed by atoms with E-state index in [0.29, 0.717) is 24.1 Å². The monoisotopic (exact) mass is 241 g/mol. The number of nitriles is 1. The summed E-state index contributed by atoms with van der Waals surface area (Å²) in [6.07, 6.45) is 1.14. The zero-order valence-corrected chi connectivity index (χ0v) is 10.6. The van der Waals surface area contributed by atoms with E-state index in [1.165, 1.54) is 0 Å². The summed E-state index contributed by atoms with van der Waals surface area (Å²) in [7, 11) is 0.